The fourth-order valence-corrected chi connectivity index (χ4v) is 2.70. The van der Waals surface area contributed by atoms with E-state index in [0.717, 1.165) is 25.7 Å². The van der Waals surface area contributed by atoms with E-state index in [2.05, 4.69) is 15.6 Å². The Morgan fingerprint density at radius 3 is 2.76 bits per heavy atom. The number of hydrogen-bond donors (Lipinski definition) is 3. The summed E-state index contributed by atoms with van der Waals surface area (Å²) in [5.74, 6) is 0.394. The Hall–Kier alpha value is -1.62. The molecule has 1 aliphatic carbocycles. The first-order valence-electron chi connectivity index (χ1n) is 7.72. The largest absolute Gasteiger partial charge is 0.388 e. The van der Waals surface area contributed by atoms with E-state index in [1.165, 1.54) is 6.42 Å². The number of carbonyl (C=O) groups is 1. The topological polar surface area (TPSA) is 74.2 Å². The second-order valence-electron chi connectivity index (χ2n) is 6.17. The van der Waals surface area contributed by atoms with Crippen LogP contribution in [0.2, 0.25) is 0 Å². The maximum absolute atomic E-state index is 12.3. The average molecular weight is 291 g/mol. The summed E-state index contributed by atoms with van der Waals surface area (Å²) in [5.41, 5.74) is -0.229. The Bertz CT molecular complexity index is 482. The molecule has 1 aromatic rings. The zero-order chi connectivity index (χ0) is 15.3. The highest BCUT2D eigenvalue weighted by molar-refractivity contribution is 5.98. The van der Waals surface area contributed by atoms with Gasteiger partial charge in [0, 0.05) is 18.8 Å². The molecule has 0 aromatic carbocycles. The van der Waals surface area contributed by atoms with Crippen LogP contribution in [0.15, 0.2) is 18.3 Å². The summed E-state index contributed by atoms with van der Waals surface area (Å²) in [6.45, 7) is 4.31. The zero-order valence-electron chi connectivity index (χ0n) is 12.9. The third-order valence-corrected chi connectivity index (χ3v) is 3.84. The van der Waals surface area contributed by atoms with E-state index in [0.29, 0.717) is 17.9 Å². The monoisotopic (exact) mass is 291 g/mol. The van der Waals surface area contributed by atoms with Crippen LogP contribution in [-0.4, -0.2) is 34.2 Å². The van der Waals surface area contributed by atoms with Gasteiger partial charge in [-0.05, 0) is 38.8 Å². The maximum Gasteiger partial charge on any atom is 0.255 e. The Kier molecular flexibility index (Phi) is 5.17. The molecule has 21 heavy (non-hydrogen) atoms. The van der Waals surface area contributed by atoms with E-state index in [9.17, 15) is 9.90 Å². The average Bonchev–Trinajstić information content (AvgIpc) is 2.46. The molecule has 0 radical (unpaired) electrons. The van der Waals surface area contributed by atoms with Crippen LogP contribution in [0.3, 0.4) is 0 Å². The van der Waals surface area contributed by atoms with Gasteiger partial charge in [0.05, 0.1) is 11.2 Å². The fourth-order valence-electron chi connectivity index (χ4n) is 2.70. The molecule has 0 atom stereocenters. The highest BCUT2D eigenvalue weighted by Gasteiger charge is 2.29. The molecule has 1 fully saturated rings. The quantitative estimate of drug-likeness (QED) is 0.778. The maximum atomic E-state index is 12.3. The Balaban J connectivity index is 2.00. The second kappa shape index (κ2) is 6.89. The van der Waals surface area contributed by atoms with Gasteiger partial charge in [-0.1, -0.05) is 19.3 Å². The van der Waals surface area contributed by atoms with E-state index in [4.69, 9.17) is 0 Å². The number of aliphatic hydroxyl groups is 1. The number of rotatable bonds is 5. The van der Waals surface area contributed by atoms with Crippen molar-refractivity contribution >= 4 is 11.7 Å². The van der Waals surface area contributed by atoms with Crippen LogP contribution in [0.1, 0.15) is 56.3 Å². The molecule has 0 unspecified atom stereocenters. The lowest BCUT2D eigenvalue weighted by Crippen LogP contribution is -2.44. The number of carbonyl (C=O) groups excluding carboxylic acids is 1. The molecular formula is C16H25N3O2. The van der Waals surface area contributed by atoms with Crippen molar-refractivity contribution in [3.63, 3.8) is 0 Å². The van der Waals surface area contributed by atoms with Crippen LogP contribution in [-0.2, 0) is 0 Å². The molecule has 1 amide bonds. The van der Waals surface area contributed by atoms with Gasteiger partial charge in [0.1, 0.15) is 5.82 Å². The summed E-state index contributed by atoms with van der Waals surface area (Å²) < 4.78 is 0. The van der Waals surface area contributed by atoms with Gasteiger partial charge < -0.3 is 15.7 Å². The van der Waals surface area contributed by atoms with Crippen molar-refractivity contribution in [1.29, 1.82) is 0 Å². The number of amides is 1. The number of anilines is 1. The Labute approximate surface area is 126 Å². The highest BCUT2D eigenvalue weighted by atomic mass is 16.3. The summed E-state index contributed by atoms with van der Waals surface area (Å²) in [6, 6.07) is 3.70. The molecule has 1 aliphatic rings. The molecule has 1 heterocycles. The minimum atomic E-state index is -0.748. The van der Waals surface area contributed by atoms with Crippen LogP contribution < -0.4 is 10.6 Å². The zero-order valence-corrected chi connectivity index (χ0v) is 12.9. The standard InChI is InChI=1S/C16H25N3O2/c1-12(2)19-14-13(7-6-10-17-14)15(20)18-11-16(21)8-4-3-5-9-16/h6-7,10,12,21H,3-5,8-9,11H2,1-2H3,(H,17,19)(H,18,20). The van der Waals surface area contributed by atoms with Gasteiger partial charge in [0.15, 0.2) is 0 Å². The number of aromatic nitrogens is 1. The van der Waals surface area contributed by atoms with Crippen LogP contribution in [0.25, 0.3) is 0 Å². The summed E-state index contributed by atoms with van der Waals surface area (Å²) in [5, 5.41) is 16.5. The molecule has 5 heteroatoms. The van der Waals surface area contributed by atoms with Gasteiger partial charge in [0.25, 0.3) is 5.91 Å². The van der Waals surface area contributed by atoms with Gasteiger partial charge in [-0.2, -0.15) is 0 Å². The molecular weight excluding hydrogens is 266 g/mol. The van der Waals surface area contributed by atoms with Crippen LogP contribution in [0.5, 0.6) is 0 Å². The number of pyridine rings is 1. The molecule has 0 spiro atoms. The minimum absolute atomic E-state index is 0.190. The fraction of sp³-hybridized carbons (Fsp3) is 0.625. The third kappa shape index (κ3) is 4.43. The molecule has 1 aromatic heterocycles. The molecule has 0 bridgehead atoms. The predicted octanol–water partition coefficient (Wildman–Crippen LogP) is 2.33. The van der Waals surface area contributed by atoms with Crippen molar-refractivity contribution in [3.8, 4) is 0 Å². The van der Waals surface area contributed by atoms with E-state index in [1.54, 1.807) is 18.3 Å². The lowest BCUT2D eigenvalue weighted by molar-refractivity contribution is 0.00526. The van der Waals surface area contributed by atoms with E-state index in [1.807, 2.05) is 13.8 Å². The summed E-state index contributed by atoms with van der Waals surface area (Å²) in [7, 11) is 0. The van der Waals surface area contributed by atoms with Gasteiger partial charge in [-0.15, -0.1) is 0 Å². The third-order valence-electron chi connectivity index (χ3n) is 3.84. The van der Waals surface area contributed by atoms with Crippen LogP contribution >= 0.6 is 0 Å². The lowest BCUT2D eigenvalue weighted by Gasteiger charge is -2.32. The Morgan fingerprint density at radius 1 is 1.38 bits per heavy atom. The van der Waals surface area contributed by atoms with Crippen molar-refractivity contribution in [3.05, 3.63) is 23.9 Å². The van der Waals surface area contributed by atoms with Crippen molar-refractivity contribution in [2.75, 3.05) is 11.9 Å². The van der Waals surface area contributed by atoms with Crippen LogP contribution in [0, 0.1) is 0 Å². The predicted molar refractivity (Wildman–Crippen MR) is 83.4 cm³/mol. The van der Waals surface area contributed by atoms with Gasteiger partial charge in [-0.3, -0.25) is 4.79 Å². The number of hydrogen-bond acceptors (Lipinski definition) is 4. The molecule has 116 valence electrons. The first-order chi connectivity index (χ1) is 10.0. The molecule has 2 rings (SSSR count). The van der Waals surface area contributed by atoms with Gasteiger partial charge in [0.2, 0.25) is 0 Å². The van der Waals surface area contributed by atoms with Crippen molar-refractivity contribution < 1.29 is 9.90 Å². The van der Waals surface area contributed by atoms with Crippen molar-refractivity contribution in [2.45, 2.75) is 57.6 Å². The SMILES string of the molecule is CC(C)Nc1ncccc1C(=O)NCC1(O)CCCCC1. The first-order valence-corrected chi connectivity index (χ1v) is 7.72. The molecule has 5 nitrogen and oxygen atoms in total. The summed E-state index contributed by atoms with van der Waals surface area (Å²) in [6.07, 6.45) is 6.41. The van der Waals surface area contributed by atoms with E-state index >= 15 is 0 Å². The normalized spacial score (nSPS) is 17.5. The number of nitrogens with one attached hydrogen (secondary N) is 2. The summed E-state index contributed by atoms with van der Waals surface area (Å²) >= 11 is 0. The van der Waals surface area contributed by atoms with Gasteiger partial charge >= 0.3 is 0 Å². The van der Waals surface area contributed by atoms with Crippen molar-refractivity contribution in [1.82, 2.24) is 10.3 Å². The molecule has 3 N–H and O–H groups in total. The molecule has 1 saturated carbocycles. The Morgan fingerprint density at radius 2 is 2.10 bits per heavy atom. The molecule has 0 aliphatic heterocycles. The smallest absolute Gasteiger partial charge is 0.255 e. The summed E-state index contributed by atoms with van der Waals surface area (Å²) in [4.78, 5) is 16.5. The first kappa shape index (κ1) is 15.8. The molecule has 0 saturated heterocycles. The van der Waals surface area contributed by atoms with E-state index in [-0.39, 0.29) is 11.9 Å². The van der Waals surface area contributed by atoms with Crippen molar-refractivity contribution in [2.24, 2.45) is 0 Å². The second-order valence-corrected chi connectivity index (χ2v) is 6.17. The minimum Gasteiger partial charge on any atom is -0.388 e. The lowest BCUT2D eigenvalue weighted by atomic mass is 9.85. The highest BCUT2D eigenvalue weighted by Crippen LogP contribution is 2.27. The number of nitrogens with zero attached hydrogens (tertiary/aromatic N) is 1. The van der Waals surface area contributed by atoms with Gasteiger partial charge in [-0.25, -0.2) is 4.98 Å². The van der Waals surface area contributed by atoms with Crippen LogP contribution in [0.4, 0.5) is 5.82 Å². The van der Waals surface area contributed by atoms with E-state index < -0.39 is 5.60 Å².